The Hall–Kier alpha value is -1.82. The van der Waals surface area contributed by atoms with Gasteiger partial charge in [0.15, 0.2) is 0 Å². The molecule has 3 aliphatic rings. The third-order valence-corrected chi connectivity index (χ3v) is 4.94. The summed E-state index contributed by atoms with van der Waals surface area (Å²) in [5.74, 6) is -0.993. The van der Waals surface area contributed by atoms with Gasteiger partial charge in [0.1, 0.15) is 0 Å². The van der Waals surface area contributed by atoms with Crippen molar-refractivity contribution in [1.82, 2.24) is 4.90 Å². The fraction of sp³-hybridized carbons (Fsp3) is 0.500. The van der Waals surface area contributed by atoms with Crippen LogP contribution in [0, 0.1) is 17.8 Å². The highest BCUT2D eigenvalue weighted by molar-refractivity contribution is 7.80. The summed E-state index contributed by atoms with van der Waals surface area (Å²) >= 11 is 5.27. The van der Waals surface area contributed by atoms with Crippen LogP contribution in [0.25, 0.3) is 0 Å². The van der Waals surface area contributed by atoms with E-state index in [4.69, 9.17) is 17.3 Å². The van der Waals surface area contributed by atoms with Crippen LogP contribution in [0.3, 0.4) is 0 Å². The minimum Gasteiger partial charge on any atom is -0.481 e. The number of rotatable bonds is 3. The van der Waals surface area contributed by atoms with Crippen molar-refractivity contribution in [2.75, 3.05) is 6.54 Å². The van der Waals surface area contributed by atoms with Crippen LogP contribution in [0.2, 0.25) is 0 Å². The van der Waals surface area contributed by atoms with Gasteiger partial charge in [-0.3, -0.25) is 14.5 Å². The van der Waals surface area contributed by atoms with Crippen LogP contribution in [0.5, 0.6) is 0 Å². The number of carbonyl (C=O) groups excluding carboxylic acids is 1. The number of aliphatic carboxylic acids is 1. The lowest BCUT2D eigenvalue weighted by molar-refractivity contribution is -0.143. The lowest BCUT2D eigenvalue weighted by Crippen LogP contribution is -2.48. The van der Waals surface area contributed by atoms with Crippen LogP contribution in [0.1, 0.15) is 25.7 Å². The fourth-order valence-electron chi connectivity index (χ4n) is 3.30. The Balaban J connectivity index is 1.66. The van der Waals surface area contributed by atoms with Crippen molar-refractivity contribution in [3.05, 3.63) is 24.3 Å². The number of carbonyl (C=O) groups is 2. The van der Waals surface area contributed by atoms with Crippen LogP contribution in [0.4, 0.5) is 0 Å². The van der Waals surface area contributed by atoms with E-state index in [0.717, 1.165) is 12.8 Å². The summed E-state index contributed by atoms with van der Waals surface area (Å²) in [7, 11) is 0. The number of aliphatic imine (C=N–C) groups is 1. The zero-order valence-electron chi connectivity index (χ0n) is 12.1. The monoisotopic (exact) mass is 318 g/mol. The van der Waals surface area contributed by atoms with Crippen LogP contribution < -0.4 is 0 Å². The van der Waals surface area contributed by atoms with E-state index < -0.39 is 5.97 Å². The van der Waals surface area contributed by atoms with Gasteiger partial charge < -0.3 is 5.11 Å². The summed E-state index contributed by atoms with van der Waals surface area (Å²) in [6.07, 6.45) is 10.4. The molecule has 5 nitrogen and oxygen atoms in total. The molecule has 0 radical (unpaired) electrons. The second-order valence-corrected chi connectivity index (χ2v) is 6.41. The Morgan fingerprint density at radius 1 is 1.32 bits per heavy atom. The molecule has 3 rings (SSSR count). The lowest BCUT2D eigenvalue weighted by atomic mass is 9.81. The van der Waals surface area contributed by atoms with E-state index in [9.17, 15) is 9.59 Å². The predicted octanol–water partition coefficient (Wildman–Crippen LogP) is 2.19. The van der Waals surface area contributed by atoms with Gasteiger partial charge in [-0.1, -0.05) is 18.2 Å². The summed E-state index contributed by atoms with van der Waals surface area (Å²) < 4.78 is 0. The zero-order valence-corrected chi connectivity index (χ0v) is 13.0. The van der Waals surface area contributed by atoms with Crippen molar-refractivity contribution < 1.29 is 14.7 Å². The largest absolute Gasteiger partial charge is 0.481 e. The Morgan fingerprint density at radius 2 is 2.05 bits per heavy atom. The molecule has 0 aromatic heterocycles. The van der Waals surface area contributed by atoms with Crippen LogP contribution >= 0.6 is 12.2 Å². The van der Waals surface area contributed by atoms with Gasteiger partial charge in [0.25, 0.3) is 0 Å². The number of thiocarbonyl (C=S) groups is 1. The first-order chi connectivity index (χ1) is 10.6. The van der Waals surface area contributed by atoms with Crippen molar-refractivity contribution in [2.24, 2.45) is 22.7 Å². The van der Waals surface area contributed by atoms with Gasteiger partial charge in [-0.05, 0) is 49.9 Å². The molecule has 0 spiro atoms. The second-order valence-electron chi connectivity index (χ2n) is 6.05. The summed E-state index contributed by atoms with van der Waals surface area (Å²) in [5, 5.41) is 9.37. The minimum absolute atomic E-state index is 0.0176. The summed E-state index contributed by atoms with van der Waals surface area (Å²) in [5.41, 5.74) is 0.711. The molecule has 1 aliphatic heterocycles. The first-order valence-electron chi connectivity index (χ1n) is 7.58. The number of amides is 1. The van der Waals surface area contributed by atoms with Gasteiger partial charge >= 0.3 is 5.97 Å². The first-order valence-corrected chi connectivity index (χ1v) is 7.98. The number of carboxylic acids is 1. The maximum atomic E-state index is 12.6. The molecule has 1 N–H and O–H groups in total. The summed E-state index contributed by atoms with van der Waals surface area (Å²) in [6, 6.07) is 0. The molecule has 116 valence electrons. The molecule has 1 amide bonds. The highest BCUT2D eigenvalue weighted by atomic mass is 32.1. The van der Waals surface area contributed by atoms with Crippen molar-refractivity contribution in [3.8, 4) is 0 Å². The van der Waals surface area contributed by atoms with Crippen LogP contribution in [-0.4, -0.2) is 39.3 Å². The third kappa shape index (κ3) is 2.88. The predicted molar refractivity (Wildman–Crippen MR) is 86.6 cm³/mol. The van der Waals surface area contributed by atoms with Crippen molar-refractivity contribution in [3.63, 3.8) is 0 Å². The van der Waals surface area contributed by atoms with E-state index in [-0.39, 0.29) is 17.7 Å². The van der Waals surface area contributed by atoms with E-state index in [0.29, 0.717) is 36.1 Å². The van der Waals surface area contributed by atoms with Gasteiger partial charge in [-0.25, -0.2) is 4.99 Å². The molecular formula is C16H18N2O3S. The number of carboxylic acid groups (broad SMARTS) is 1. The molecule has 22 heavy (non-hydrogen) atoms. The Kier molecular flexibility index (Phi) is 4.20. The molecule has 0 aromatic carbocycles. The quantitative estimate of drug-likeness (QED) is 0.810. The third-order valence-electron chi connectivity index (χ3n) is 4.62. The topological polar surface area (TPSA) is 70.0 Å². The van der Waals surface area contributed by atoms with Crippen molar-refractivity contribution in [2.45, 2.75) is 25.7 Å². The average molecular weight is 318 g/mol. The fourth-order valence-corrected chi connectivity index (χ4v) is 3.57. The number of allylic oxidation sites excluding steroid dienone is 3. The van der Waals surface area contributed by atoms with Crippen molar-refractivity contribution >= 4 is 34.9 Å². The second kappa shape index (κ2) is 6.12. The number of fused-ring (bicyclic) bond motifs is 1. The molecule has 1 heterocycles. The molecule has 0 saturated heterocycles. The molecule has 6 heteroatoms. The van der Waals surface area contributed by atoms with Gasteiger partial charge in [0.05, 0.1) is 17.5 Å². The SMILES string of the molecule is O=C(O)C1CCC(CN2C(=O)C3C=CC=CC3=NC2=S)CC1. The van der Waals surface area contributed by atoms with E-state index in [1.807, 2.05) is 24.3 Å². The molecule has 1 atom stereocenters. The molecule has 2 aliphatic carbocycles. The summed E-state index contributed by atoms with van der Waals surface area (Å²) in [4.78, 5) is 29.6. The van der Waals surface area contributed by atoms with E-state index >= 15 is 0 Å². The highest BCUT2D eigenvalue weighted by Gasteiger charge is 2.36. The Labute approximate surface area is 134 Å². The summed E-state index contributed by atoms with van der Waals surface area (Å²) in [6.45, 7) is 0.550. The standard InChI is InChI=1S/C16H18N2O3S/c19-14-12-3-1-2-4-13(12)17-16(22)18(14)9-10-5-7-11(8-6-10)15(20)21/h1-4,10-12H,5-9H2,(H,20,21). The van der Waals surface area contributed by atoms with Crippen molar-refractivity contribution in [1.29, 1.82) is 0 Å². The van der Waals surface area contributed by atoms with Gasteiger partial charge in [0.2, 0.25) is 11.0 Å². The highest BCUT2D eigenvalue weighted by Crippen LogP contribution is 2.31. The molecule has 0 bridgehead atoms. The molecule has 1 fully saturated rings. The maximum Gasteiger partial charge on any atom is 0.306 e. The van der Waals surface area contributed by atoms with Crippen LogP contribution in [-0.2, 0) is 9.59 Å². The number of nitrogens with zero attached hydrogens (tertiary/aromatic N) is 2. The van der Waals surface area contributed by atoms with Gasteiger partial charge in [-0.15, -0.1) is 0 Å². The zero-order chi connectivity index (χ0) is 15.7. The first kappa shape index (κ1) is 15.1. The Morgan fingerprint density at radius 3 is 2.73 bits per heavy atom. The van der Waals surface area contributed by atoms with Crippen LogP contribution in [0.15, 0.2) is 29.3 Å². The normalized spacial score (nSPS) is 31.0. The average Bonchev–Trinajstić information content (AvgIpc) is 2.52. The molecule has 1 saturated carbocycles. The maximum absolute atomic E-state index is 12.6. The number of hydrogen-bond donors (Lipinski definition) is 1. The van der Waals surface area contributed by atoms with Gasteiger partial charge in [0, 0.05) is 6.54 Å². The molecular weight excluding hydrogens is 300 g/mol. The number of hydrogen-bond acceptors (Lipinski definition) is 3. The lowest BCUT2D eigenvalue weighted by Gasteiger charge is -2.34. The van der Waals surface area contributed by atoms with E-state index in [1.165, 1.54) is 0 Å². The minimum atomic E-state index is -0.712. The smallest absolute Gasteiger partial charge is 0.306 e. The molecule has 1 unspecified atom stereocenters. The van der Waals surface area contributed by atoms with E-state index in [1.54, 1.807) is 4.90 Å². The van der Waals surface area contributed by atoms with Gasteiger partial charge in [-0.2, -0.15) is 0 Å². The molecule has 0 aromatic rings. The van der Waals surface area contributed by atoms with E-state index in [2.05, 4.69) is 4.99 Å². The Bertz CT molecular complexity index is 601.